The van der Waals surface area contributed by atoms with Crippen LogP contribution in [0.5, 0.6) is 0 Å². The molecular weight excluding hydrogens is 354 g/mol. The Labute approximate surface area is 135 Å². The molecule has 1 aromatic rings. The van der Waals surface area contributed by atoms with E-state index < -0.39 is 10.0 Å². The Hall–Kier alpha value is -0.630. The van der Waals surface area contributed by atoms with Crippen LogP contribution in [0.15, 0.2) is 27.6 Å². The first kappa shape index (κ1) is 16.7. The molecule has 2 rings (SSSR count). The molecule has 1 aliphatic rings. The summed E-state index contributed by atoms with van der Waals surface area (Å²) in [4.78, 5) is 2.16. The largest absolute Gasteiger partial charge is 0.378 e. The molecule has 0 saturated heterocycles. The maximum absolute atomic E-state index is 12.6. The van der Waals surface area contributed by atoms with Crippen LogP contribution < -0.4 is 15.4 Å². The number of rotatable bonds is 4. The van der Waals surface area contributed by atoms with E-state index in [4.69, 9.17) is 5.73 Å². The standard InChI is InChI=1S/C14H22BrN3O2S/c1-18(2)12-7-8-13(15)14(9-12)21(19,20)17-11-5-3-10(16)4-6-11/h7-11,17H,3-6,16H2,1-2H3. The minimum Gasteiger partial charge on any atom is -0.378 e. The van der Waals surface area contributed by atoms with Gasteiger partial charge in [0, 0.05) is 36.3 Å². The van der Waals surface area contributed by atoms with Gasteiger partial charge in [0.15, 0.2) is 0 Å². The number of hydrogen-bond acceptors (Lipinski definition) is 4. The summed E-state index contributed by atoms with van der Waals surface area (Å²) in [6.07, 6.45) is 3.33. The van der Waals surface area contributed by atoms with Crippen molar-refractivity contribution in [3.8, 4) is 0 Å². The van der Waals surface area contributed by atoms with E-state index in [1.54, 1.807) is 12.1 Å². The van der Waals surface area contributed by atoms with Crippen molar-refractivity contribution in [2.45, 2.75) is 42.7 Å². The van der Waals surface area contributed by atoms with Crippen molar-refractivity contribution >= 4 is 31.6 Å². The monoisotopic (exact) mass is 375 g/mol. The number of nitrogens with one attached hydrogen (secondary N) is 1. The number of nitrogens with zero attached hydrogens (tertiary/aromatic N) is 1. The van der Waals surface area contributed by atoms with Gasteiger partial charge in [0.25, 0.3) is 0 Å². The quantitative estimate of drug-likeness (QED) is 0.844. The van der Waals surface area contributed by atoms with Crippen LogP contribution in [0.2, 0.25) is 0 Å². The molecule has 0 bridgehead atoms. The van der Waals surface area contributed by atoms with E-state index in [0.29, 0.717) is 4.47 Å². The first-order valence-electron chi connectivity index (χ1n) is 7.04. The molecule has 5 nitrogen and oxygen atoms in total. The molecular formula is C14H22BrN3O2S. The van der Waals surface area contributed by atoms with Crippen LogP contribution in [-0.2, 0) is 10.0 Å². The average Bonchev–Trinajstić information content (AvgIpc) is 2.41. The van der Waals surface area contributed by atoms with E-state index in [1.807, 2.05) is 25.1 Å². The zero-order chi connectivity index (χ0) is 15.6. The summed E-state index contributed by atoms with van der Waals surface area (Å²) >= 11 is 3.33. The lowest BCUT2D eigenvalue weighted by Crippen LogP contribution is -2.40. The van der Waals surface area contributed by atoms with Gasteiger partial charge in [0.05, 0.1) is 4.90 Å². The first-order chi connectivity index (χ1) is 9.79. The fourth-order valence-corrected chi connectivity index (χ4v) is 4.78. The summed E-state index contributed by atoms with van der Waals surface area (Å²) in [5, 5.41) is 0. The van der Waals surface area contributed by atoms with Crippen LogP contribution in [0.1, 0.15) is 25.7 Å². The lowest BCUT2D eigenvalue weighted by atomic mass is 9.93. The van der Waals surface area contributed by atoms with E-state index in [2.05, 4.69) is 20.7 Å². The van der Waals surface area contributed by atoms with E-state index in [9.17, 15) is 8.42 Å². The highest BCUT2D eigenvalue weighted by atomic mass is 79.9. The van der Waals surface area contributed by atoms with Crippen LogP contribution in [0.25, 0.3) is 0 Å². The second kappa shape index (κ2) is 6.64. The third kappa shape index (κ3) is 4.18. The van der Waals surface area contributed by atoms with Crippen molar-refractivity contribution in [2.24, 2.45) is 5.73 Å². The maximum Gasteiger partial charge on any atom is 0.242 e. The fraction of sp³-hybridized carbons (Fsp3) is 0.571. The predicted molar refractivity (Wildman–Crippen MR) is 89.0 cm³/mol. The van der Waals surface area contributed by atoms with Gasteiger partial charge >= 0.3 is 0 Å². The minimum atomic E-state index is -3.53. The Bertz CT molecular complexity index is 596. The van der Waals surface area contributed by atoms with E-state index >= 15 is 0 Å². The Morgan fingerprint density at radius 2 is 1.86 bits per heavy atom. The number of hydrogen-bond donors (Lipinski definition) is 2. The lowest BCUT2D eigenvalue weighted by Gasteiger charge is -2.27. The molecule has 0 radical (unpaired) electrons. The molecule has 1 fully saturated rings. The van der Waals surface area contributed by atoms with Gasteiger partial charge in [-0.2, -0.15) is 0 Å². The molecule has 1 aromatic carbocycles. The topological polar surface area (TPSA) is 75.4 Å². The van der Waals surface area contributed by atoms with Gasteiger partial charge in [0.2, 0.25) is 10.0 Å². The molecule has 3 N–H and O–H groups in total. The second-order valence-corrected chi connectivity index (χ2v) is 8.28. The fourth-order valence-electron chi connectivity index (χ4n) is 2.50. The molecule has 0 amide bonds. The minimum absolute atomic E-state index is 0.0234. The number of anilines is 1. The smallest absolute Gasteiger partial charge is 0.242 e. The van der Waals surface area contributed by atoms with Crippen LogP contribution in [0.4, 0.5) is 5.69 Å². The molecule has 1 saturated carbocycles. The van der Waals surface area contributed by atoms with Gasteiger partial charge in [0.1, 0.15) is 0 Å². The number of halogens is 1. The summed E-state index contributed by atoms with van der Waals surface area (Å²) in [5.41, 5.74) is 6.71. The molecule has 0 spiro atoms. The first-order valence-corrected chi connectivity index (χ1v) is 9.32. The SMILES string of the molecule is CN(C)c1ccc(Br)c(S(=O)(=O)NC2CCC(N)CC2)c1. The molecule has 1 aliphatic carbocycles. The Balaban J connectivity index is 2.21. The molecule has 118 valence electrons. The molecule has 0 aromatic heterocycles. The maximum atomic E-state index is 12.6. The number of sulfonamides is 1. The van der Waals surface area contributed by atoms with Crippen molar-refractivity contribution in [3.05, 3.63) is 22.7 Å². The highest BCUT2D eigenvalue weighted by Gasteiger charge is 2.26. The van der Waals surface area contributed by atoms with Crippen molar-refractivity contribution in [1.82, 2.24) is 4.72 Å². The van der Waals surface area contributed by atoms with Crippen molar-refractivity contribution in [2.75, 3.05) is 19.0 Å². The summed E-state index contributed by atoms with van der Waals surface area (Å²) < 4.78 is 28.6. The summed E-state index contributed by atoms with van der Waals surface area (Å²) in [5.74, 6) is 0. The molecule has 0 unspecified atom stereocenters. The molecule has 0 heterocycles. The van der Waals surface area contributed by atoms with Gasteiger partial charge in [-0.25, -0.2) is 13.1 Å². The Kier molecular flexibility index (Phi) is 5.29. The molecule has 0 aliphatic heterocycles. The van der Waals surface area contributed by atoms with Crippen molar-refractivity contribution in [1.29, 1.82) is 0 Å². The van der Waals surface area contributed by atoms with Gasteiger partial charge < -0.3 is 10.6 Å². The van der Waals surface area contributed by atoms with Crippen molar-refractivity contribution < 1.29 is 8.42 Å². The molecule has 21 heavy (non-hydrogen) atoms. The second-order valence-electron chi connectivity index (χ2n) is 5.74. The third-order valence-electron chi connectivity index (χ3n) is 3.81. The molecule has 7 heteroatoms. The van der Waals surface area contributed by atoms with Gasteiger partial charge in [-0.15, -0.1) is 0 Å². The zero-order valence-electron chi connectivity index (χ0n) is 12.3. The highest BCUT2D eigenvalue weighted by molar-refractivity contribution is 9.10. The van der Waals surface area contributed by atoms with Gasteiger partial charge in [-0.05, 0) is 59.8 Å². The predicted octanol–water partition coefficient (Wildman–Crippen LogP) is 2.06. The van der Waals surface area contributed by atoms with Crippen LogP contribution in [-0.4, -0.2) is 34.6 Å². The Morgan fingerprint density at radius 3 is 2.43 bits per heavy atom. The van der Waals surface area contributed by atoms with E-state index in [1.165, 1.54) is 0 Å². The zero-order valence-corrected chi connectivity index (χ0v) is 14.7. The van der Waals surface area contributed by atoms with Crippen LogP contribution >= 0.6 is 15.9 Å². The normalized spacial score (nSPS) is 23.0. The van der Waals surface area contributed by atoms with Crippen LogP contribution in [0.3, 0.4) is 0 Å². The summed E-state index contributed by atoms with van der Waals surface area (Å²) in [7, 11) is 0.241. The van der Waals surface area contributed by atoms with Gasteiger partial charge in [-0.3, -0.25) is 0 Å². The van der Waals surface area contributed by atoms with Gasteiger partial charge in [-0.1, -0.05) is 0 Å². The van der Waals surface area contributed by atoms with E-state index in [-0.39, 0.29) is 17.0 Å². The number of benzene rings is 1. The average molecular weight is 376 g/mol. The lowest BCUT2D eigenvalue weighted by molar-refractivity contribution is 0.373. The number of nitrogens with two attached hydrogens (primary N) is 1. The summed E-state index contributed by atoms with van der Waals surface area (Å²) in [6, 6.07) is 5.50. The van der Waals surface area contributed by atoms with Crippen molar-refractivity contribution in [3.63, 3.8) is 0 Å². The highest BCUT2D eigenvalue weighted by Crippen LogP contribution is 2.28. The Morgan fingerprint density at radius 1 is 1.24 bits per heavy atom. The summed E-state index contributed by atoms with van der Waals surface area (Å²) in [6.45, 7) is 0. The van der Waals surface area contributed by atoms with E-state index in [0.717, 1.165) is 31.4 Å². The molecule has 0 atom stereocenters. The third-order valence-corrected chi connectivity index (χ3v) is 6.33. The van der Waals surface area contributed by atoms with Crippen LogP contribution in [0, 0.1) is 0 Å².